The topological polar surface area (TPSA) is 50.9 Å². The van der Waals surface area contributed by atoms with Crippen LogP contribution < -0.4 is 0 Å². The van der Waals surface area contributed by atoms with Crippen molar-refractivity contribution in [2.24, 2.45) is 5.92 Å². The molecule has 1 saturated carbocycles. The van der Waals surface area contributed by atoms with Crippen LogP contribution in [0.1, 0.15) is 25.7 Å². The van der Waals surface area contributed by atoms with Crippen LogP contribution in [-0.2, 0) is 6.54 Å². The molecule has 1 aliphatic rings. The molecule has 0 bridgehead atoms. The molecule has 1 aliphatic carbocycles. The Balaban J connectivity index is 1.79. The maximum absolute atomic E-state index is 9.57. The predicted molar refractivity (Wildman–Crippen MR) is 48.0 cm³/mol. The van der Waals surface area contributed by atoms with Crippen LogP contribution in [0.15, 0.2) is 12.7 Å². The molecular formula is C9H15N3O. The van der Waals surface area contributed by atoms with Crippen molar-refractivity contribution >= 4 is 0 Å². The zero-order valence-corrected chi connectivity index (χ0v) is 7.63. The van der Waals surface area contributed by atoms with E-state index in [0.29, 0.717) is 5.92 Å². The van der Waals surface area contributed by atoms with Crippen LogP contribution in [0.3, 0.4) is 0 Å². The Morgan fingerprint density at radius 3 is 3.00 bits per heavy atom. The highest BCUT2D eigenvalue weighted by molar-refractivity contribution is 4.76. The molecule has 2 atom stereocenters. The summed E-state index contributed by atoms with van der Waals surface area (Å²) in [6.07, 6.45) is 7.52. The van der Waals surface area contributed by atoms with Crippen molar-refractivity contribution in [1.29, 1.82) is 0 Å². The average molecular weight is 181 g/mol. The number of aromatic nitrogens is 3. The largest absolute Gasteiger partial charge is 0.393 e. The van der Waals surface area contributed by atoms with Gasteiger partial charge in [0.05, 0.1) is 6.10 Å². The van der Waals surface area contributed by atoms with Gasteiger partial charge < -0.3 is 5.11 Å². The van der Waals surface area contributed by atoms with Crippen LogP contribution in [0.5, 0.6) is 0 Å². The number of aryl methyl sites for hydroxylation is 1. The fourth-order valence-electron chi connectivity index (χ4n) is 2.00. The molecule has 72 valence electrons. The summed E-state index contributed by atoms with van der Waals surface area (Å²) in [5.41, 5.74) is 0. The van der Waals surface area contributed by atoms with E-state index in [0.717, 1.165) is 25.8 Å². The van der Waals surface area contributed by atoms with E-state index in [2.05, 4.69) is 10.1 Å². The van der Waals surface area contributed by atoms with Crippen LogP contribution in [0.2, 0.25) is 0 Å². The monoisotopic (exact) mass is 181 g/mol. The molecule has 0 saturated heterocycles. The molecule has 2 rings (SSSR count). The smallest absolute Gasteiger partial charge is 0.137 e. The highest BCUT2D eigenvalue weighted by Crippen LogP contribution is 2.28. The third kappa shape index (κ3) is 2.06. The first-order chi connectivity index (χ1) is 6.36. The third-order valence-electron chi connectivity index (χ3n) is 2.81. The average Bonchev–Trinajstić information content (AvgIpc) is 2.72. The number of aliphatic hydroxyl groups excluding tert-OH is 1. The lowest BCUT2D eigenvalue weighted by Crippen LogP contribution is -2.15. The number of aliphatic hydroxyl groups is 1. The molecule has 1 aromatic rings. The van der Waals surface area contributed by atoms with Crippen LogP contribution in [-0.4, -0.2) is 26.0 Å². The van der Waals surface area contributed by atoms with Gasteiger partial charge in [0.25, 0.3) is 0 Å². The fourth-order valence-corrected chi connectivity index (χ4v) is 2.00. The molecule has 1 N–H and O–H groups in total. The Hall–Kier alpha value is -0.900. The minimum Gasteiger partial charge on any atom is -0.393 e. The van der Waals surface area contributed by atoms with Gasteiger partial charge in [-0.05, 0) is 25.2 Å². The Bertz CT molecular complexity index is 247. The number of hydrogen-bond acceptors (Lipinski definition) is 3. The first-order valence-electron chi connectivity index (χ1n) is 4.87. The standard InChI is InChI=1S/C9H15N3O/c13-9-3-1-2-8(9)4-5-12-7-10-6-11-12/h6-9,13H,1-5H2. The van der Waals surface area contributed by atoms with E-state index < -0.39 is 0 Å². The van der Waals surface area contributed by atoms with Gasteiger partial charge in [-0.25, -0.2) is 4.98 Å². The first kappa shape index (κ1) is 8.69. The van der Waals surface area contributed by atoms with Gasteiger partial charge in [0.2, 0.25) is 0 Å². The second kappa shape index (κ2) is 3.87. The Morgan fingerprint density at radius 2 is 2.38 bits per heavy atom. The van der Waals surface area contributed by atoms with E-state index in [1.165, 1.54) is 6.42 Å². The number of rotatable bonds is 3. The van der Waals surface area contributed by atoms with Gasteiger partial charge in [-0.3, -0.25) is 4.68 Å². The van der Waals surface area contributed by atoms with E-state index >= 15 is 0 Å². The minimum atomic E-state index is -0.0801. The summed E-state index contributed by atoms with van der Waals surface area (Å²) in [6.45, 7) is 0.877. The highest BCUT2D eigenvalue weighted by Gasteiger charge is 2.24. The molecule has 2 unspecified atom stereocenters. The van der Waals surface area contributed by atoms with Gasteiger partial charge in [0.1, 0.15) is 12.7 Å². The maximum atomic E-state index is 9.57. The molecule has 4 heteroatoms. The molecule has 1 fully saturated rings. The molecule has 13 heavy (non-hydrogen) atoms. The van der Waals surface area contributed by atoms with Crippen LogP contribution >= 0.6 is 0 Å². The quantitative estimate of drug-likeness (QED) is 0.751. The van der Waals surface area contributed by atoms with E-state index in [-0.39, 0.29) is 6.10 Å². The molecule has 1 aromatic heterocycles. The Labute approximate surface area is 77.6 Å². The molecule has 0 aromatic carbocycles. The van der Waals surface area contributed by atoms with Gasteiger partial charge in [0.15, 0.2) is 0 Å². The summed E-state index contributed by atoms with van der Waals surface area (Å²) < 4.78 is 1.82. The van der Waals surface area contributed by atoms with Crippen LogP contribution in [0.25, 0.3) is 0 Å². The summed E-state index contributed by atoms with van der Waals surface area (Å²) in [7, 11) is 0. The summed E-state index contributed by atoms with van der Waals surface area (Å²) in [4.78, 5) is 3.88. The summed E-state index contributed by atoms with van der Waals surface area (Å²) in [6, 6.07) is 0. The zero-order valence-electron chi connectivity index (χ0n) is 7.63. The van der Waals surface area contributed by atoms with E-state index in [1.54, 1.807) is 12.7 Å². The van der Waals surface area contributed by atoms with Gasteiger partial charge in [-0.1, -0.05) is 6.42 Å². The lowest BCUT2D eigenvalue weighted by atomic mass is 10.0. The summed E-state index contributed by atoms with van der Waals surface area (Å²) in [5.74, 6) is 0.476. The third-order valence-corrected chi connectivity index (χ3v) is 2.81. The van der Waals surface area contributed by atoms with Crippen molar-refractivity contribution < 1.29 is 5.11 Å². The van der Waals surface area contributed by atoms with Crippen molar-refractivity contribution in [3.05, 3.63) is 12.7 Å². The van der Waals surface area contributed by atoms with Crippen molar-refractivity contribution in [3.8, 4) is 0 Å². The Morgan fingerprint density at radius 1 is 1.46 bits per heavy atom. The molecule has 0 aliphatic heterocycles. The van der Waals surface area contributed by atoms with Gasteiger partial charge in [-0.15, -0.1) is 0 Å². The highest BCUT2D eigenvalue weighted by atomic mass is 16.3. The number of nitrogens with zero attached hydrogens (tertiary/aromatic N) is 3. The molecular weight excluding hydrogens is 166 g/mol. The van der Waals surface area contributed by atoms with Crippen LogP contribution in [0.4, 0.5) is 0 Å². The molecule has 4 nitrogen and oxygen atoms in total. The molecule has 0 amide bonds. The van der Waals surface area contributed by atoms with Gasteiger partial charge in [-0.2, -0.15) is 5.10 Å². The SMILES string of the molecule is OC1CCCC1CCn1cncn1. The van der Waals surface area contributed by atoms with Crippen molar-refractivity contribution in [2.45, 2.75) is 38.3 Å². The van der Waals surface area contributed by atoms with Crippen molar-refractivity contribution in [3.63, 3.8) is 0 Å². The normalized spacial score (nSPS) is 28.1. The molecule has 0 spiro atoms. The first-order valence-corrected chi connectivity index (χ1v) is 4.87. The zero-order chi connectivity index (χ0) is 9.10. The lowest BCUT2D eigenvalue weighted by molar-refractivity contribution is 0.124. The van der Waals surface area contributed by atoms with E-state index in [1.807, 2.05) is 4.68 Å². The fraction of sp³-hybridized carbons (Fsp3) is 0.778. The Kier molecular flexibility index (Phi) is 2.59. The van der Waals surface area contributed by atoms with Crippen molar-refractivity contribution in [1.82, 2.24) is 14.8 Å². The van der Waals surface area contributed by atoms with E-state index in [9.17, 15) is 5.11 Å². The second-order valence-electron chi connectivity index (χ2n) is 3.71. The maximum Gasteiger partial charge on any atom is 0.137 e. The van der Waals surface area contributed by atoms with Gasteiger partial charge >= 0.3 is 0 Å². The summed E-state index contributed by atoms with van der Waals surface area (Å²) in [5, 5.41) is 13.6. The van der Waals surface area contributed by atoms with Gasteiger partial charge in [0, 0.05) is 6.54 Å². The predicted octanol–water partition coefficient (Wildman–Crippen LogP) is 0.829. The summed E-state index contributed by atoms with van der Waals surface area (Å²) >= 11 is 0. The lowest BCUT2D eigenvalue weighted by Gasteiger charge is -2.13. The van der Waals surface area contributed by atoms with Crippen molar-refractivity contribution in [2.75, 3.05) is 0 Å². The molecule has 1 heterocycles. The number of hydrogen-bond donors (Lipinski definition) is 1. The van der Waals surface area contributed by atoms with E-state index in [4.69, 9.17) is 0 Å². The van der Waals surface area contributed by atoms with Crippen LogP contribution in [0, 0.1) is 5.92 Å². The molecule has 0 radical (unpaired) electrons. The second-order valence-corrected chi connectivity index (χ2v) is 3.71. The minimum absolute atomic E-state index is 0.0801.